The SMILES string of the molecule is CCCCC(CCCC)c1ncc(C(F)(F)F)cc1Cl. The maximum Gasteiger partial charge on any atom is 0.417 e. The largest absolute Gasteiger partial charge is 0.417 e. The van der Waals surface area contributed by atoms with E-state index < -0.39 is 11.7 Å². The minimum absolute atomic E-state index is 0.136. The number of hydrogen-bond donors (Lipinski definition) is 0. The first kappa shape index (κ1) is 17.3. The van der Waals surface area contributed by atoms with Gasteiger partial charge in [0.15, 0.2) is 0 Å². The minimum atomic E-state index is -4.39. The maximum absolute atomic E-state index is 12.6. The Morgan fingerprint density at radius 2 is 1.70 bits per heavy atom. The summed E-state index contributed by atoms with van der Waals surface area (Å²) in [6, 6.07) is 0.995. The summed E-state index contributed by atoms with van der Waals surface area (Å²) in [5.74, 6) is 0.157. The molecule has 1 heterocycles. The fraction of sp³-hybridized carbons (Fsp3) is 0.667. The van der Waals surface area contributed by atoms with Crippen LogP contribution in [0.5, 0.6) is 0 Å². The van der Waals surface area contributed by atoms with Crippen LogP contribution in [0.1, 0.15) is 69.5 Å². The molecule has 0 N–H and O–H groups in total. The van der Waals surface area contributed by atoms with E-state index >= 15 is 0 Å². The molecule has 1 aromatic heterocycles. The Morgan fingerprint density at radius 3 is 2.10 bits per heavy atom. The van der Waals surface area contributed by atoms with Gasteiger partial charge in [-0.25, -0.2) is 0 Å². The van der Waals surface area contributed by atoms with Gasteiger partial charge in [-0.15, -0.1) is 0 Å². The summed E-state index contributed by atoms with van der Waals surface area (Å²) in [6.07, 6.45) is 2.54. The van der Waals surface area contributed by atoms with E-state index in [2.05, 4.69) is 18.8 Å². The standard InChI is InChI=1S/C15H21ClF3N/c1-3-5-7-11(8-6-4-2)14-13(16)9-12(10-20-14)15(17,18)19/h9-11H,3-8H2,1-2H3. The number of halogens is 4. The zero-order chi connectivity index (χ0) is 15.2. The molecule has 0 saturated heterocycles. The van der Waals surface area contributed by atoms with Crippen molar-refractivity contribution in [1.29, 1.82) is 0 Å². The second-order valence-corrected chi connectivity index (χ2v) is 5.48. The molecule has 1 rings (SSSR count). The molecular formula is C15H21ClF3N. The van der Waals surface area contributed by atoms with Gasteiger partial charge in [-0.3, -0.25) is 4.98 Å². The Balaban J connectivity index is 2.95. The predicted molar refractivity (Wildman–Crippen MR) is 76.0 cm³/mol. The molecule has 1 aromatic rings. The number of unbranched alkanes of at least 4 members (excludes halogenated alkanes) is 2. The molecule has 0 bridgehead atoms. The molecule has 0 aliphatic heterocycles. The lowest BCUT2D eigenvalue weighted by Gasteiger charge is -2.18. The van der Waals surface area contributed by atoms with E-state index in [0.29, 0.717) is 5.69 Å². The van der Waals surface area contributed by atoms with Gasteiger partial charge in [0.25, 0.3) is 0 Å². The van der Waals surface area contributed by atoms with Gasteiger partial charge in [0.1, 0.15) is 0 Å². The van der Waals surface area contributed by atoms with Crippen molar-refractivity contribution in [3.63, 3.8) is 0 Å². The van der Waals surface area contributed by atoms with Crippen LogP contribution < -0.4 is 0 Å². The molecule has 5 heteroatoms. The molecule has 0 aliphatic carbocycles. The first-order valence-electron chi connectivity index (χ1n) is 7.12. The average molecular weight is 308 g/mol. The minimum Gasteiger partial charge on any atom is -0.259 e. The lowest BCUT2D eigenvalue weighted by atomic mass is 9.92. The number of aromatic nitrogens is 1. The third-order valence-corrected chi connectivity index (χ3v) is 3.70. The van der Waals surface area contributed by atoms with Crippen LogP contribution in [0.15, 0.2) is 12.3 Å². The Hall–Kier alpha value is -0.770. The Labute approximate surface area is 123 Å². The van der Waals surface area contributed by atoms with Crippen molar-refractivity contribution in [3.05, 3.63) is 28.5 Å². The van der Waals surface area contributed by atoms with Crippen LogP contribution in [0, 0.1) is 0 Å². The Bertz CT molecular complexity index is 410. The van der Waals surface area contributed by atoms with Crippen molar-refractivity contribution < 1.29 is 13.2 Å². The Kier molecular flexibility index (Phi) is 6.80. The molecule has 0 spiro atoms. The molecule has 0 radical (unpaired) electrons. The predicted octanol–water partition coefficient (Wildman–Crippen LogP) is 6.22. The summed E-state index contributed by atoms with van der Waals surface area (Å²) in [7, 11) is 0. The lowest BCUT2D eigenvalue weighted by Crippen LogP contribution is -2.09. The quantitative estimate of drug-likeness (QED) is 0.583. The van der Waals surface area contributed by atoms with Gasteiger partial charge in [-0.2, -0.15) is 13.2 Å². The number of alkyl halides is 3. The van der Waals surface area contributed by atoms with Crippen LogP contribution in [-0.2, 0) is 6.18 Å². The molecule has 0 saturated carbocycles. The summed E-state index contributed by atoms with van der Waals surface area (Å²) >= 11 is 6.03. The molecule has 0 aromatic carbocycles. The van der Waals surface area contributed by atoms with Crippen LogP contribution in [-0.4, -0.2) is 4.98 Å². The van der Waals surface area contributed by atoms with Crippen molar-refractivity contribution in [2.24, 2.45) is 0 Å². The van der Waals surface area contributed by atoms with E-state index in [4.69, 9.17) is 11.6 Å². The van der Waals surface area contributed by atoms with Crippen LogP contribution in [0.2, 0.25) is 5.02 Å². The lowest BCUT2D eigenvalue weighted by molar-refractivity contribution is -0.137. The fourth-order valence-corrected chi connectivity index (χ4v) is 2.54. The second-order valence-electron chi connectivity index (χ2n) is 5.07. The highest BCUT2D eigenvalue weighted by Crippen LogP contribution is 2.35. The second kappa shape index (κ2) is 7.87. The van der Waals surface area contributed by atoms with Gasteiger partial charge in [0.05, 0.1) is 16.3 Å². The number of pyridine rings is 1. The highest BCUT2D eigenvalue weighted by atomic mass is 35.5. The van der Waals surface area contributed by atoms with Gasteiger partial charge in [0, 0.05) is 12.1 Å². The van der Waals surface area contributed by atoms with E-state index in [-0.39, 0.29) is 10.9 Å². The third kappa shape index (κ3) is 4.97. The molecular weight excluding hydrogens is 287 g/mol. The highest BCUT2D eigenvalue weighted by molar-refractivity contribution is 6.31. The fourth-order valence-electron chi connectivity index (χ4n) is 2.22. The number of nitrogens with zero attached hydrogens (tertiary/aromatic N) is 1. The van der Waals surface area contributed by atoms with E-state index in [1.54, 1.807) is 0 Å². The molecule has 20 heavy (non-hydrogen) atoms. The highest BCUT2D eigenvalue weighted by Gasteiger charge is 2.32. The first-order valence-corrected chi connectivity index (χ1v) is 7.50. The van der Waals surface area contributed by atoms with E-state index in [0.717, 1.165) is 50.8 Å². The van der Waals surface area contributed by atoms with Gasteiger partial charge in [-0.05, 0) is 18.9 Å². The van der Waals surface area contributed by atoms with E-state index in [1.807, 2.05) is 0 Å². The summed E-state index contributed by atoms with van der Waals surface area (Å²) < 4.78 is 37.8. The molecule has 0 atom stereocenters. The van der Waals surface area contributed by atoms with Gasteiger partial charge < -0.3 is 0 Å². The monoisotopic (exact) mass is 307 g/mol. The summed E-state index contributed by atoms with van der Waals surface area (Å²) in [4.78, 5) is 4.00. The Morgan fingerprint density at radius 1 is 1.15 bits per heavy atom. The smallest absolute Gasteiger partial charge is 0.259 e. The zero-order valence-corrected chi connectivity index (χ0v) is 12.7. The summed E-state index contributed by atoms with van der Waals surface area (Å²) in [5.41, 5.74) is -0.169. The zero-order valence-electron chi connectivity index (χ0n) is 11.9. The average Bonchev–Trinajstić information content (AvgIpc) is 2.38. The molecule has 114 valence electrons. The van der Waals surface area contributed by atoms with E-state index in [1.165, 1.54) is 0 Å². The first-order chi connectivity index (χ1) is 9.40. The molecule has 0 aliphatic rings. The van der Waals surface area contributed by atoms with Crippen molar-refractivity contribution in [3.8, 4) is 0 Å². The van der Waals surface area contributed by atoms with E-state index in [9.17, 15) is 13.2 Å². The third-order valence-electron chi connectivity index (χ3n) is 3.40. The van der Waals surface area contributed by atoms with Gasteiger partial charge in [0.2, 0.25) is 0 Å². The molecule has 0 unspecified atom stereocenters. The molecule has 0 fully saturated rings. The normalized spacial score (nSPS) is 12.2. The van der Waals surface area contributed by atoms with Crippen LogP contribution in [0.25, 0.3) is 0 Å². The molecule has 0 amide bonds. The topological polar surface area (TPSA) is 12.9 Å². The van der Waals surface area contributed by atoms with Crippen LogP contribution in [0.4, 0.5) is 13.2 Å². The summed E-state index contributed by atoms with van der Waals surface area (Å²) in [6.45, 7) is 4.19. The van der Waals surface area contributed by atoms with Crippen LogP contribution in [0.3, 0.4) is 0 Å². The van der Waals surface area contributed by atoms with Crippen molar-refractivity contribution in [2.45, 2.75) is 64.5 Å². The molecule has 1 nitrogen and oxygen atoms in total. The summed E-state index contributed by atoms with van der Waals surface area (Å²) in [5, 5.41) is 0.136. The van der Waals surface area contributed by atoms with Crippen molar-refractivity contribution in [1.82, 2.24) is 4.98 Å². The van der Waals surface area contributed by atoms with Crippen molar-refractivity contribution in [2.75, 3.05) is 0 Å². The van der Waals surface area contributed by atoms with Crippen LogP contribution >= 0.6 is 11.6 Å². The number of rotatable bonds is 7. The maximum atomic E-state index is 12.6. The van der Waals surface area contributed by atoms with Crippen molar-refractivity contribution >= 4 is 11.6 Å². The number of hydrogen-bond acceptors (Lipinski definition) is 1. The van der Waals surface area contributed by atoms with Gasteiger partial charge in [-0.1, -0.05) is 51.1 Å². The van der Waals surface area contributed by atoms with Gasteiger partial charge >= 0.3 is 6.18 Å².